The van der Waals surface area contributed by atoms with E-state index >= 15 is 0 Å². The molecule has 0 aliphatic heterocycles. The van der Waals surface area contributed by atoms with Crippen LogP contribution in [0.3, 0.4) is 0 Å². The van der Waals surface area contributed by atoms with Gasteiger partial charge in [-0.25, -0.2) is 0 Å². The zero-order chi connectivity index (χ0) is 10.1. The lowest BCUT2D eigenvalue weighted by molar-refractivity contribution is 1.35. The molecule has 0 amide bonds. The molecule has 0 heterocycles. The van der Waals surface area contributed by atoms with Crippen LogP contribution in [0, 0.1) is 0 Å². The first-order valence-electron chi connectivity index (χ1n) is 3.99. The first-order chi connectivity index (χ1) is 6.26. The summed E-state index contributed by atoms with van der Waals surface area (Å²) in [5.41, 5.74) is 12.8. The minimum absolute atomic E-state index is 0.545. The summed E-state index contributed by atoms with van der Waals surface area (Å²) in [6, 6.07) is 0. The van der Waals surface area contributed by atoms with Gasteiger partial charge in [-0.05, 0) is 17.9 Å². The van der Waals surface area contributed by atoms with E-state index in [4.69, 9.17) is 11.5 Å². The van der Waals surface area contributed by atoms with Gasteiger partial charge in [-0.3, -0.25) is 0 Å². The maximum atomic E-state index is 5.79. The summed E-state index contributed by atoms with van der Waals surface area (Å²) in [7, 11) is 0. The fourth-order valence-electron chi connectivity index (χ4n) is 0.737. The Morgan fingerprint density at radius 3 is 2.69 bits per heavy atom. The van der Waals surface area contributed by atoms with E-state index in [2.05, 4.69) is 6.58 Å². The van der Waals surface area contributed by atoms with E-state index in [1.54, 1.807) is 6.08 Å². The lowest BCUT2D eigenvalue weighted by atomic mass is 10.2. The van der Waals surface area contributed by atoms with Crippen molar-refractivity contribution in [1.82, 2.24) is 0 Å². The first kappa shape index (κ1) is 12.1. The van der Waals surface area contributed by atoms with Crippen LogP contribution in [-0.4, -0.2) is 5.88 Å². The predicted octanol–water partition coefficient (Wildman–Crippen LogP) is 2.12. The van der Waals surface area contributed by atoms with Crippen LogP contribution in [0.1, 0.15) is 6.92 Å². The maximum Gasteiger partial charge on any atom is 0.0448 e. The third-order valence-electron chi connectivity index (χ3n) is 1.36. The number of hydrogen-bond acceptors (Lipinski definition) is 3. The number of thioether (sulfide) groups is 1. The van der Waals surface area contributed by atoms with Crippen LogP contribution in [0.2, 0.25) is 0 Å². The molecule has 0 aromatic rings. The molecule has 0 spiro atoms. The molecule has 2 nitrogen and oxygen atoms in total. The fourth-order valence-corrected chi connectivity index (χ4v) is 1.15. The van der Waals surface area contributed by atoms with Crippen molar-refractivity contribution in [2.45, 2.75) is 6.92 Å². The Hall–Kier alpha value is -0.930. The zero-order valence-corrected chi connectivity index (χ0v) is 8.68. The summed E-state index contributed by atoms with van der Waals surface area (Å²) in [6.07, 6.45) is 7.43. The summed E-state index contributed by atoms with van der Waals surface area (Å²) in [6.45, 7) is 5.53. The molecule has 0 aromatic heterocycles. The number of rotatable bonds is 5. The lowest BCUT2D eigenvalue weighted by Crippen LogP contribution is -1.99. The molecular formula is C10H16N2S. The normalized spacial score (nSPS) is 13.7. The van der Waals surface area contributed by atoms with Crippen LogP contribution >= 0.6 is 11.8 Å². The SMILES string of the molecule is C=C\C=C/C(=C\C)C(/N)=C/SCN. The van der Waals surface area contributed by atoms with Crippen LogP contribution in [0.15, 0.2) is 47.6 Å². The average molecular weight is 196 g/mol. The number of allylic oxidation sites excluding steroid dienone is 4. The van der Waals surface area contributed by atoms with E-state index in [1.807, 2.05) is 30.6 Å². The number of nitrogens with two attached hydrogens (primary N) is 2. The number of hydrogen-bond donors (Lipinski definition) is 2. The predicted molar refractivity (Wildman–Crippen MR) is 62.0 cm³/mol. The topological polar surface area (TPSA) is 52.0 Å². The molecule has 72 valence electrons. The van der Waals surface area contributed by atoms with Crippen LogP contribution in [0.4, 0.5) is 0 Å². The second-order valence-corrected chi connectivity index (χ2v) is 3.15. The van der Waals surface area contributed by atoms with Gasteiger partial charge in [0.15, 0.2) is 0 Å². The fraction of sp³-hybridized carbons (Fsp3) is 0.200. The third kappa shape index (κ3) is 5.33. The molecule has 0 rings (SSSR count). The Kier molecular flexibility index (Phi) is 7.15. The highest BCUT2D eigenvalue weighted by Crippen LogP contribution is 2.10. The van der Waals surface area contributed by atoms with Gasteiger partial charge in [-0.1, -0.05) is 30.9 Å². The van der Waals surface area contributed by atoms with Gasteiger partial charge in [0.2, 0.25) is 0 Å². The van der Waals surface area contributed by atoms with Crippen LogP contribution in [0.5, 0.6) is 0 Å². The second-order valence-electron chi connectivity index (χ2n) is 2.25. The van der Waals surface area contributed by atoms with Gasteiger partial charge in [0.25, 0.3) is 0 Å². The average Bonchev–Trinajstić information content (AvgIpc) is 2.16. The molecule has 0 saturated carbocycles. The third-order valence-corrected chi connectivity index (χ3v) is 1.98. The molecule has 13 heavy (non-hydrogen) atoms. The van der Waals surface area contributed by atoms with Gasteiger partial charge >= 0.3 is 0 Å². The van der Waals surface area contributed by atoms with Crippen molar-refractivity contribution in [3.8, 4) is 0 Å². The smallest absolute Gasteiger partial charge is 0.0448 e. The largest absolute Gasteiger partial charge is 0.398 e. The van der Waals surface area contributed by atoms with E-state index in [-0.39, 0.29) is 0 Å². The van der Waals surface area contributed by atoms with Crippen molar-refractivity contribution in [1.29, 1.82) is 0 Å². The second kappa shape index (κ2) is 7.71. The molecule has 4 N–H and O–H groups in total. The Balaban J connectivity index is 4.41. The minimum Gasteiger partial charge on any atom is -0.398 e. The molecule has 0 bridgehead atoms. The lowest BCUT2D eigenvalue weighted by Gasteiger charge is -2.00. The molecule has 0 radical (unpaired) electrons. The van der Waals surface area contributed by atoms with Crippen LogP contribution in [0.25, 0.3) is 0 Å². The Bertz CT molecular complexity index is 239. The molecule has 0 aliphatic rings. The van der Waals surface area contributed by atoms with Gasteiger partial charge in [-0.2, -0.15) is 0 Å². The van der Waals surface area contributed by atoms with E-state index < -0.39 is 0 Å². The van der Waals surface area contributed by atoms with Crippen molar-refractivity contribution in [3.63, 3.8) is 0 Å². The summed E-state index contributed by atoms with van der Waals surface area (Å²) < 4.78 is 0. The molecular weight excluding hydrogens is 180 g/mol. The van der Waals surface area contributed by atoms with E-state index in [9.17, 15) is 0 Å². The zero-order valence-electron chi connectivity index (χ0n) is 7.86. The van der Waals surface area contributed by atoms with E-state index in [1.165, 1.54) is 11.8 Å². The van der Waals surface area contributed by atoms with Crippen molar-refractivity contribution < 1.29 is 0 Å². The minimum atomic E-state index is 0.545. The highest BCUT2D eigenvalue weighted by Gasteiger charge is 1.93. The molecule has 0 aliphatic carbocycles. The van der Waals surface area contributed by atoms with Crippen molar-refractivity contribution in [2.75, 3.05) is 5.88 Å². The van der Waals surface area contributed by atoms with Crippen molar-refractivity contribution in [2.24, 2.45) is 11.5 Å². The monoisotopic (exact) mass is 196 g/mol. The quantitative estimate of drug-likeness (QED) is 0.523. The van der Waals surface area contributed by atoms with Crippen LogP contribution in [-0.2, 0) is 0 Å². The van der Waals surface area contributed by atoms with Crippen molar-refractivity contribution >= 4 is 11.8 Å². The molecule has 3 heteroatoms. The van der Waals surface area contributed by atoms with Gasteiger partial charge in [0, 0.05) is 11.6 Å². The van der Waals surface area contributed by atoms with Crippen LogP contribution < -0.4 is 11.5 Å². The maximum absolute atomic E-state index is 5.79. The molecule has 0 atom stereocenters. The summed E-state index contributed by atoms with van der Waals surface area (Å²) in [4.78, 5) is 0. The highest BCUT2D eigenvalue weighted by atomic mass is 32.2. The Morgan fingerprint density at radius 1 is 1.54 bits per heavy atom. The molecule has 0 unspecified atom stereocenters. The molecule has 0 aromatic carbocycles. The van der Waals surface area contributed by atoms with Gasteiger partial charge in [-0.15, -0.1) is 11.8 Å². The Labute approximate surface area is 84.1 Å². The summed E-state index contributed by atoms with van der Waals surface area (Å²) >= 11 is 1.48. The van der Waals surface area contributed by atoms with Gasteiger partial charge < -0.3 is 11.5 Å². The van der Waals surface area contributed by atoms with Gasteiger partial charge in [0.1, 0.15) is 0 Å². The molecule has 0 fully saturated rings. The highest BCUT2D eigenvalue weighted by molar-refractivity contribution is 8.02. The first-order valence-corrected chi connectivity index (χ1v) is 5.04. The molecule has 0 saturated heterocycles. The Morgan fingerprint density at radius 2 is 2.23 bits per heavy atom. The van der Waals surface area contributed by atoms with Gasteiger partial charge in [0.05, 0.1) is 0 Å². The van der Waals surface area contributed by atoms with Crippen molar-refractivity contribution in [3.05, 3.63) is 47.6 Å². The van der Waals surface area contributed by atoms with E-state index in [0.29, 0.717) is 5.88 Å². The summed E-state index contributed by atoms with van der Waals surface area (Å²) in [5, 5.41) is 1.85. The van der Waals surface area contributed by atoms with E-state index in [0.717, 1.165) is 11.3 Å². The standard InChI is InChI=1S/C10H16N2S/c1-3-5-6-9(4-2)10(12)7-13-8-11/h3-7H,1,8,11-12H2,2H3/b6-5-,9-4+,10-7-. The summed E-state index contributed by atoms with van der Waals surface area (Å²) in [5.74, 6) is 0.545.